The van der Waals surface area contributed by atoms with Gasteiger partial charge in [0.15, 0.2) is 0 Å². The zero-order valence-corrected chi connectivity index (χ0v) is 8.95. The van der Waals surface area contributed by atoms with E-state index < -0.39 is 0 Å². The molecule has 0 amide bonds. The van der Waals surface area contributed by atoms with Gasteiger partial charge in [-0.25, -0.2) is 4.98 Å². The fourth-order valence-corrected chi connectivity index (χ4v) is 1.64. The van der Waals surface area contributed by atoms with Crippen LogP contribution in [0.1, 0.15) is 5.82 Å². The van der Waals surface area contributed by atoms with E-state index >= 15 is 0 Å². The lowest BCUT2D eigenvalue weighted by molar-refractivity contribution is 0.272. The quantitative estimate of drug-likeness (QED) is 0.862. The summed E-state index contributed by atoms with van der Waals surface area (Å²) in [6, 6.07) is 7.90. The van der Waals surface area contributed by atoms with E-state index in [1.54, 1.807) is 6.20 Å². The number of aromatic nitrogens is 2. The lowest BCUT2D eigenvalue weighted by atomic mass is 10.2. The number of nitrogens with zero attached hydrogens (tertiary/aromatic N) is 1. The molecule has 0 radical (unpaired) electrons. The molecular weight excluding hydrogens is 244 g/mol. The molecule has 3 nitrogen and oxygen atoms in total. The van der Waals surface area contributed by atoms with Gasteiger partial charge in [0.05, 0.1) is 11.9 Å². The SMILES string of the molecule is OCc1ncc(-c2cccc(Br)c2)[nH]1. The van der Waals surface area contributed by atoms with Gasteiger partial charge in [0.1, 0.15) is 12.4 Å². The van der Waals surface area contributed by atoms with Crippen LogP contribution in [0.25, 0.3) is 11.3 Å². The van der Waals surface area contributed by atoms with E-state index in [1.807, 2.05) is 24.3 Å². The van der Waals surface area contributed by atoms with E-state index in [2.05, 4.69) is 25.9 Å². The van der Waals surface area contributed by atoms with E-state index in [0.29, 0.717) is 5.82 Å². The van der Waals surface area contributed by atoms with Crippen LogP contribution in [0.2, 0.25) is 0 Å². The number of nitrogens with one attached hydrogen (secondary N) is 1. The van der Waals surface area contributed by atoms with Crippen LogP contribution in [0.3, 0.4) is 0 Å². The molecular formula is C10H9BrN2O. The first-order valence-corrected chi connectivity index (χ1v) is 4.99. The Morgan fingerprint density at radius 3 is 2.93 bits per heavy atom. The summed E-state index contributed by atoms with van der Waals surface area (Å²) in [6.45, 7) is -0.0615. The minimum absolute atomic E-state index is 0.0615. The highest BCUT2D eigenvalue weighted by Crippen LogP contribution is 2.21. The molecule has 1 aromatic heterocycles. The van der Waals surface area contributed by atoms with Crippen molar-refractivity contribution < 1.29 is 5.11 Å². The highest BCUT2D eigenvalue weighted by Gasteiger charge is 2.02. The van der Waals surface area contributed by atoms with Crippen molar-refractivity contribution in [3.05, 3.63) is 40.8 Å². The minimum Gasteiger partial charge on any atom is -0.388 e. The summed E-state index contributed by atoms with van der Waals surface area (Å²) in [7, 11) is 0. The predicted molar refractivity (Wildman–Crippen MR) is 57.6 cm³/mol. The summed E-state index contributed by atoms with van der Waals surface area (Å²) >= 11 is 3.40. The third-order valence-corrected chi connectivity index (χ3v) is 2.41. The number of imidazole rings is 1. The second kappa shape index (κ2) is 3.94. The maximum absolute atomic E-state index is 8.85. The zero-order chi connectivity index (χ0) is 9.97. The molecule has 0 aliphatic heterocycles. The van der Waals surface area contributed by atoms with Crippen LogP contribution in [0.15, 0.2) is 34.9 Å². The molecule has 2 N–H and O–H groups in total. The molecule has 1 heterocycles. The summed E-state index contributed by atoms with van der Waals surface area (Å²) < 4.78 is 1.02. The lowest BCUT2D eigenvalue weighted by Crippen LogP contribution is -1.84. The predicted octanol–water partition coefficient (Wildman–Crippen LogP) is 2.33. The highest BCUT2D eigenvalue weighted by atomic mass is 79.9. The number of hydrogen-bond donors (Lipinski definition) is 2. The monoisotopic (exact) mass is 252 g/mol. The Labute approximate surface area is 89.9 Å². The van der Waals surface area contributed by atoms with Crippen LogP contribution in [0.4, 0.5) is 0 Å². The van der Waals surface area contributed by atoms with Gasteiger partial charge in [-0.2, -0.15) is 0 Å². The normalized spacial score (nSPS) is 10.4. The smallest absolute Gasteiger partial charge is 0.132 e. The molecule has 14 heavy (non-hydrogen) atoms. The highest BCUT2D eigenvalue weighted by molar-refractivity contribution is 9.10. The topological polar surface area (TPSA) is 48.9 Å². The van der Waals surface area contributed by atoms with Gasteiger partial charge >= 0.3 is 0 Å². The van der Waals surface area contributed by atoms with Crippen LogP contribution in [-0.2, 0) is 6.61 Å². The van der Waals surface area contributed by atoms with Gasteiger partial charge in [-0.15, -0.1) is 0 Å². The number of aliphatic hydroxyl groups is 1. The largest absolute Gasteiger partial charge is 0.388 e. The second-order valence-electron chi connectivity index (χ2n) is 2.91. The van der Waals surface area contributed by atoms with Crippen LogP contribution < -0.4 is 0 Å². The third-order valence-electron chi connectivity index (χ3n) is 1.91. The minimum atomic E-state index is -0.0615. The molecule has 0 bridgehead atoms. The number of benzene rings is 1. The molecule has 4 heteroatoms. The Morgan fingerprint density at radius 1 is 1.43 bits per heavy atom. The van der Waals surface area contributed by atoms with Gasteiger partial charge in [0.2, 0.25) is 0 Å². The maximum atomic E-state index is 8.85. The molecule has 2 rings (SSSR count). The number of aliphatic hydroxyl groups excluding tert-OH is 1. The molecule has 0 atom stereocenters. The van der Waals surface area contributed by atoms with Crippen LogP contribution in [0, 0.1) is 0 Å². The Bertz CT molecular complexity index is 439. The number of hydrogen-bond acceptors (Lipinski definition) is 2. The van der Waals surface area contributed by atoms with Crippen LogP contribution in [-0.4, -0.2) is 15.1 Å². The van der Waals surface area contributed by atoms with Crippen molar-refractivity contribution in [2.24, 2.45) is 0 Å². The molecule has 1 aromatic carbocycles. The molecule has 72 valence electrons. The molecule has 0 saturated carbocycles. The number of aromatic amines is 1. The van der Waals surface area contributed by atoms with Gasteiger partial charge in [-0.05, 0) is 12.1 Å². The summed E-state index contributed by atoms with van der Waals surface area (Å²) in [6.07, 6.45) is 1.72. The molecule has 0 unspecified atom stereocenters. The Morgan fingerprint density at radius 2 is 2.29 bits per heavy atom. The molecule has 2 aromatic rings. The first kappa shape index (κ1) is 9.43. The Hall–Kier alpha value is -1.13. The number of H-pyrrole nitrogens is 1. The van der Waals surface area contributed by atoms with Crippen molar-refractivity contribution in [2.75, 3.05) is 0 Å². The maximum Gasteiger partial charge on any atom is 0.132 e. The van der Waals surface area contributed by atoms with Crippen LogP contribution >= 0.6 is 15.9 Å². The summed E-state index contributed by atoms with van der Waals surface area (Å²) in [4.78, 5) is 7.04. The Kier molecular flexibility index (Phi) is 2.65. The van der Waals surface area contributed by atoms with Crippen molar-refractivity contribution in [2.45, 2.75) is 6.61 Å². The number of rotatable bonds is 2. The lowest BCUT2D eigenvalue weighted by Gasteiger charge is -1.97. The van der Waals surface area contributed by atoms with E-state index in [1.165, 1.54) is 0 Å². The van der Waals surface area contributed by atoms with Crippen LogP contribution in [0.5, 0.6) is 0 Å². The third kappa shape index (κ3) is 1.86. The van der Waals surface area contributed by atoms with Gasteiger partial charge < -0.3 is 10.1 Å². The molecule has 0 fully saturated rings. The van der Waals surface area contributed by atoms with Gasteiger partial charge in [-0.1, -0.05) is 28.1 Å². The zero-order valence-electron chi connectivity index (χ0n) is 7.37. The van der Waals surface area contributed by atoms with Crippen molar-refractivity contribution >= 4 is 15.9 Å². The fraction of sp³-hybridized carbons (Fsp3) is 0.100. The first-order chi connectivity index (χ1) is 6.79. The van der Waals surface area contributed by atoms with Crippen molar-refractivity contribution in [1.82, 2.24) is 9.97 Å². The number of halogens is 1. The van der Waals surface area contributed by atoms with Gasteiger partial charge in [0, 0.05) is 10.0 Å². The summed E-state index contributed by atoms with van der Waals surface area (Å²) in [5.41, 5.74) is 1.96. The fourth-order valence-electron chi connectivity index (χ4n) is 1.25. The van der Waals surface area contributed by atoms with Crippen molar-refractivity contribution in [3.63, 3.8) is 0 Å². The molecule has 0 aliphatic carbocycles. The average Bonchev–Trinajstić information content (AvgIpc) is 2.66. The van der Waals surface area contributed by atoms with E-state index in [9.17, 15) is 0 Å². The molecule has 0 aliphatic rings. The summed E-state index contributed by atoms with van der Waals surface area (Å²) in [5, 5.41) is 8.85. The van der Waals surface area contributed by atoms with Crippen molar-refractivity contribution in [3.8, 4) is 11.3 Å². The standard InChI is InChI=1S/C10H9BrN2O/c11-8-3-1-2-7(4-8)9-5-12-10(6-14)13-9/h1-5,14H,6H2,(H,12,13). The van der Waals surface area contributed by atoms with E-state index in [4.69, 9.17) is 5.11 Å². The van der Waals surface area contributed by atoms with Crippen molar-refractivity contribution in [1.29, 1.82) is 0 Å². The molecule has 0 saturated heterocycles. The Balaban J connectivity index is 2.39. The average molecular weight is 253 g/mol. The van der Waals surface area contributed by atoms with Gasteiger partial charge in [0.25, 0.3) is 0 Å². The second-order valence-corrected chi connectivity index (χ2v) is 3.83. The molecule has 0 spiro atoms. The van der Waals surface area contributed by atoms with Gasteiger partial charge in [-0.3, -0.25) is 0 Å². The van der Waals surface area contributed by atoms with E-state index in [-0.39, 0.29) is 6.61 Å². The van der Waals surface area contributed by atoms with E-state index in [0.717, 1.165) is 15.7 Å². The summed E-state index contributed by atoms with van der Waals surface area (Å²) in [5.74, 6) is 0.583. The first-order valence-electron chi connectivity index (χ1n) is 4.20.